The number of carbonyl (C=O) groups excluding carboxylic acids is 1. The SMILES string of the molecule is O=C(Nc1cccc(-c2ccc(S(=O)(=O)N3CCC(O)CC3)cc2)n1)C1(c2ccc3c(c2)OCO3)CC1. The Hall–Kier alpha value is -3.47. The van der Waals surface area contributed by atoms with E-state index in [2.05, 4.69) is 10.3 Å². The normalized spacial score (nSPS) is 18.9. The summed E-state index contributed by atoms with van der Waals surface area (Å²) in [4.78, 5) is 18.1. The van der Waals surface area contributed by atoms with Crippen molar-refractivity contribution in [3.8, 4) is 22.8 Å². The van der Waals surface area contributed by atoms with Crippen molar-refractivity contribution in [3.05, 3.63) is 66.2 Å². The van der Waals surface area contributed by atoms with Crippen molar-refractivity contribution in [1.82, 2.24) is 9.29 Å². The smallest absolute Gasteiger partial charge is 0.243 e. The summed E-state index contributed by atoms with van der Waals surface area (Å²) in [6.45, 7) is 0.800. The molecule has 1 saturated carbocycles. The van der Waals surface area contributed by atoms with E-state index < -0.39 is 21.5 Å². The molecule has 0 unspecified atom stereocenters. The molecule has 2 N–H and O–H groups in total. The zero-order chi connectivity index (χ0) is 25.6. The maximum atomic E-state index is 13.3. The third-order valence-electron chi connectivity index (χ3n) is 7.31. The van der Waals surface area contributed by atoms with Gasteiger partial charge in [0.1, 0.15) is 5.82 Å². The summed E-state index contributed by atoms with van der Waals surface area (Å²) in [6, 6.07) is 17.6. The molecule has 1 aliphatic carbocycles. The number of piperidine rings is 1. The number of ether oxygens (including phenoxy) is 2. The van der Waals surface area contributed by atoms with E-state index in [4.69, 9.17) is 9.47 Å². The number of sulfonamides is 1. The number of carbonyl (C=O) groups is 1. The Morgan fingerprint density at radius 2 is 1.73 bits per heavy atom. The topological polar surface area (TPSA) is 118 Å². The lowest BCUT2D eigenvalue weighted by molar-refractivity contribution is -0.118. The van der Waals surface area contributed by atoms with Crippen LogP contribution >= 0.6 is 0 Å². The van der Waals surface area contributed by atoms with Gasteiger partial charge in [0.2, 0.25) is 22.7 Å². The number of anilines is 1. The summed E-state index contributed by atoms with van der Waals surface area (Å²) >= 11 is 0. The van der Waals surface area contributed by atoms with Gasteiger partial charge in [0.25, 0.3) is 0 Å². The van der Waals surface area contributed by atoms with E-state index in [1.54, 1.807) is 30.3 Å². The molecular weight excluding hydrogens is 494 g/mol. The first-order valence-electron chi connectivity index (χ1n) is 12.3. The molecule has 0 spiro atoms. The molecule has 1 amide bonds. The van der Waals surface area contributed by atoms with E-state index in [-0.39, 0.29) is 17.6 Å². The molecule has 2 fully saturated rings. The third-order valence-corrected chi connectivity index (χ3v) is 9.22. The highest BCUT2D eigenvalue weighted by atomic mass is 32.2. The standard InChI is InChI=1S/C27H27N3O6S/c31-20-10-14-30(15-11-20)37(33,34)21-7-4-18(5-8-21)22-2-1-3-25(28-22)29-26(32)27(12-13-27)19-6-9-23-24(16-19)36-17-35-23/h1-9,16,20,31H,10-15,17H2,(H,28,29,32). The van der Waals surface area contributed by atoms with Crippen molar-refractivity contribution in [2.24, 2.45) is 0 Å². The van der Waals surface area contributed by atoms with Crippen LogP contribution in [0.2, 0.25) is 0 Å². The summed E-state index contributed by atoms with van der Waals surface area (Å²) in [5, 5.41) is 12.6. The number of hydrogen-bond donors (Lipinski definition) is 2. The molecule has 37 heavy (non-hydrogen) atoms. The number of hydrogen-bond acceptors (Lipinski definition) is 7. The molecule has 3 aromatic rings. The van der Waals surface area contributed by atoms with Crippen LogP contribution < -0.4 is 14.8 Å². The van der Waals surface area contributed by atoms with Crippen molar-refractivity contribution in [1.29, 1.82) is 0 Å². The second kappa shape index (κ2) is 9.13. The number of aliphatic hydroxyl groups excluding tert-OH is 1. The molecule has 3 heterocycles. The molecule has 9 nitrogen and oxygen atoms in total. The number of aliphatic hydroxyl groups is 1. The first-order valence-corrected chi connectivity index (χ1v) is 13.8. The number of amides is 1. The van der Waals surface area contributed by atoms with Gasteiger partial charge in [-0.1, -0.05) is 24.3 Å². The maximum absolute atomic E-state index is 13.3. The summed E-state index contributed by atoms with van der Waals surface area (Å²) in [5.41, 5.74) is 1.64. The lowest BCUT2D eigenvalue weighted by Crippen LogP contribution is -2.39. The highest BCUT2D eigenvalue weighted by Gasteiger charge is 2.51. The Balaban J connectivity index is 1.17. The Morgan fingerprint density at radius 1 is 1.00 bits per heavy atom. The maximum Gasteiger partial charge on any atom is 0.243 e. The number of pyridine rings is 1. The van der Waals surface area contributed by atoms with Crippen molar-refractivity contribution in [2.45, 2.75) is 42.1 Å². The minimum absolute atomic E-state index is 0.121. The molecule has 1 saturated heterocycles. The van der Waals surface area contributed by atoms with Crippen molar-refractivity contribution < 1.29 is 27.8 Å². The molecule has 0 radical (unpaired) electrons. The Bertz CT molecular complexity index is 1450. The number of nitrogens with one attached hydrogen (secondary N) is 1. The highest BCUT2D eigenvalue weighted by molar-refractivity contribution is 7.89. The van der Waals surface area contributed by atoms with Crippen LogP contribution in [0.5, 0.6) is 11.5 Å². The van der Waals surface area contributed by atoms with Gasteiger partial charge < -0.3 is 19.9 Å². The van der Waals surface area contributed by atoms with Gasteiger partial charge in [-0.2, -0.15) is 4.31 Å². The van der Waals surface area contributed by atoms with E-state index in [1.165, 1.54) is 4.31 Å². The number of aromatic nitrogens is 1. The van der Waals surface area contributed by atoms with Crippen LogP contribution in [-0.2, 0) is 20.2 Å². The first kappa shape index (κ1) is 23.9. The van der Waals surface area contributed by atoms with Crippen LogP contribution in [0.3, 0.4) is 0 Å². The molecule has 0 atom stereocenters. The number of fused-ring (bicyclic) bond motifs is 1. The van der Waals surface area contributed by atoms with E-state index in [1.807, 2.05) is 30.3 Å². The van der Waals surface area contributed by atoms with Gasteiger partial charge in [-0.3, -0.25) is 4.79 Å². The van der Waals surface area contributed by atoms with Gasteiger partial charge in [0.15, 0.2) is 11.5 Å². The third kappa shape index (κ3) is 4.45. The first-order chi connectivity index (χ1) is 17.8. The molecule has 192 valence electrons. The largest absolute Gasteiger partial charge is 0.454 e. The Morgan fingerprint density at radius 3 is 2.46 bits per heavy atom. The van der Waals surface area contributed by atoms with Crippen molar-refractivity contribution >= 4 is 21.7 Å². The van der Waals surface area contributed by atoms with Gasteiger partial charge in [0, 0.05) is 18.7 Å². The Kier molecular flexibility index (Phi) is 5.89. The molecule has 2 aromatic carbocycles. The zero-order valence-electron chi connectivity index (χ0n) is 20.1. The van der Waals surface area contributed by atoms with Gasteiger partial charge >= 0.3 is 0 Å². The Labute approximate surface area is 215 Å². The summed E-state index contributed by atoms with van der Waals surface area (Å²) < 4.78 is 38.2. The number of benzene rings is 2. The minimum Gasteiger partial charge on any atom is -0.454 e. The lowest BCUT2D eigenvalue weighted by atomic mass is 9.94. The number of nitrogens with zero attached hydrogens (tertiary/aromatic N) is 2. The molecule has 10 heteroatoms. The molecule has 1 aromatic heterocycles. The molecule has 3 aliphatic rings. The van der Waals surface area contributed by atoms with E-state index in [0.29, 0.717) is 48.9 Å². The fraction of sp³-hybridized carbons (Fsp3) is 0.333. The van der Waals surface area contributed by atoms with Gasteiger partial charge in [-0.15, -0.1) is 0 Å². The molecule has 0 bridgehead atoms. The van der Waals surface area contributed by atoms with Crippen molar-refractivity contribution in [3.63, 3.8) is 0 Å². The van der Waals surface area contributed by atoms with Crippen molar-refractivity contribution in [2.75, 3.05) is 25.2 Å². The summed E-state index contributed by atoms with van der Waals surface area (Å²) in [5.74, 6) is 1.64. The molecule has 2 aliphatic heterocycles. The monoisotopic (exact) mass is 521 g/mol. The second-order valence-electron chi connectivity index (χ2n) is 9.67. The predicted octanol–water partition coefficient (Wildman–Crippen LogP) is 3.29. The average Bonchev–Trinajstić information content (AvgIpc) is 3.60. The van der Waals surface area contributed by atoms with E-state index in [0.717, 1.165) is 24.0 Å². The highest BCUT2D eigenvalue weighted by Crippen LogP contribution is 2.51. The van der Waals surface area contributed by atoms with E-state index >= 15 is 0 Å². The summed E-state index contributed by atoms with van der Waals surface area (Å²) in [7, 11) is -3.62. The lowest BCUT2D eigenvalue weighted by Gasteiger charge is -2.28. The van der Waals surface area contributed by atoms with Gasteiger partial charge in [-0.25, -0.2) is 13.4 Å². The van der Waals surface area contributed by atoms with Crippen LogP contribution in [0.4, 0.5) is 5.82 Å². The van der Waals surface area contributed by atoms with Crippen LogP contribution in [0.15, 0.2) is 65.6 Å². The van der Waals surface area contributed by atoms with Crippen LogP contribution in [-0.4, -0.2) is 54.7 Å². The molecule has 6 rings (SSSR count). The average molecular weight is 522 g/mol. The van der Waals surface area contributed by atoms with Gasteiger partial charge in [0.05, 0.1) is 22.1 Å². The minimum atomic E-state index is -3.62. The van der Waals surface area contributed by atoms with Crippen LogP contribution in [0, 0.1) is 0 Å². The van der Waals surface area contributed by atoms with Gasteiger partial charge in [-0.05, 0) is 67.6 Å². The zero-order valence-corrected chi connectivity index (χ0v) is 20.9. The van der Waals surface area contributed by atoms with Crippen LogP contribution in [0.1, 0.15) is 31.2 Å². The fourth-order valence-electron chi connectivity index (χ4n) is 4.90. The second-order valence-corrected chi connectivity index (χ2v) is 11.6. The number of rotatable bonds is 6. The molecular formula is C27H27N3O6S. The summed E-state index contributed by atoms with van der Waals surface area (Å²) in [6.07, 6.45) is 1.92. The fourth-order valence-corrected chi connectivity index (χ4v) is 6.37. The predicted molar refractivity (Wildman–Crippen MR) is 136 cm³/mol. The van der Waals surface area contributed by atoms with E-state index in [9.17, 15) is 18.3 Å². The quantitative estimate of drug-likeness (QED) is 0.511. The van der Waals surface area contributed by atoms with Crippen LogP contribution in [0.25, 0.3) is 11.3 Å².